The van der Waals surface area contributed by atoms with Crippen LogP contribution >= 0.6 is 0 Å². The number of para-hydroxylation sites is 1. The maximum absolute atomic E-state index is 12.6. The van der Waals surface area contributed by atoms with Gasteiger partial charge in [-0.2, -0.15) is 0 Å². The number of aromatic nitrogens is 1. The minimum Gasteiger partial charge on any atom is -0.363 e. The van der Waals surface area contributed by atoms with Crippen molar-refractivity contribution in [3.8, 4) is 0 Å². The molecule has 0 saturated heterocycles. The molecule has 0 radical (unpaired) electrons. The average Bonchev–Trinajstić information content (AvgIpc) is 3.05. The van der Waals surface area contributed by atoms with E-state index in [-0.39, 0.29) is 5.97 Å². The van der Waals surface area contributed by atoms with Crippen LogP contribution in [0.25, 0.3) is 10.9 Å². The van der Waals surface area contributed by atoms with Crippen LogP contribution in [0.3, 0.4) is 0 Å². The maximum Gasteiger partial charge on any atom is 0.357 e. The minimum absolute atomic E-state index is 0.352. The predicted molar refractivity (Wildman–Crippen MR) is 110 cm³/mol. The lowest BCUT2D eigenvalue weighted by molar-refractivity contribution is -0.124. The molecule has 4 rings (SSSR count). The second-order valence-corrected chi connectivity index (χ2v) is 6.78. The van der Waals surface area contributed by atoms with Gasteiger partial charge < -0.3 is 9.40 Å². The van der Waals surface area contributed by atoms with E-state index >= 15 is 0 Å². The van der Waals surface area contributed by atoms with Gasteiger partial charge in [0.05, 0.1) is 18.7 Å². The highest BCUT2D eigenvalue weighted by atomic mass is 16.7. The maximum atomic E-state index is 12.6. The van der Waals surface area contributed by atoms with Crippen LogP contribution in [-0.2, 0) is 25.0 Å². The summed E-state index contributed by atoms with van der Waals surface area (Å²) in [4.78, 5) is 18.4. The summed E-state index contributed by atoms with van der Waals surface area (Å²) in [6.07, 6.45) is 0. The Balaban J connectivity index is 1.60. The van der Waals surface area contributed by atoms with E-state index in [1.165, 1.54) is 5.39 Å². The molecule has 0 fully saturated rings. The molecule has 4 heteroatoms. The molecule has 140 valence electrons. The van der Waals surface area contributed by atoms with Crippen LogP contribution in [-0.4, -0.2) is 15.6 Å². The minimum atomic E-state index is -0.352. The Hall–Kier alpha value is -3.37. The van der Waals surface area contributed by atoms with Gasteiger partial charge in [-0.1, -0.05) is 66.7 Å². The third-order valence-electron chi connectivity index (χ3n) is 4.81. The summed E-state index contributed by atoms with van der Waals surface area (Å²) in [5.41, 5.74) is 3.87. The zero-order valence-corrected chi connectivity index (χ0v) is 15.8. The molecule has 4 aromatic rings. The lowest BCUT2D eigenvalue weighted by Crippen LogP contribution is -2.27. The molecule has 1 heterocycles. The normalized spacial score (nSPS) is 11.1. The molecule has 0 atom stereocenters. The highest BCUT2D eigenvalue weighted by Gasteiger charge is 2.17. The molecule has 0 saturated carbocycles. The molecule has 3 aromatic carbocycles. The lowest BCUT2D eigenvalue weighted by atomic mass is 10.2. The Labute approximate surface area is 164 Å². The number of carbonyl (C=O) groups is 1. The van der Waals surface area contributed by atoms with Gasteiger partial charge in [-0.05, 0) is 35.2 Å². The number of benzene rings is 3. The van der Waals surface area contributed by atoms with E-state index < -0.39 is 0 Å². The fourth-order valence-corrected chi connectivity index (χ4v) is 3.33. The first-order valence-corrected chi connectivity index (χ1v) is 9.30. The molecule has 0 unspecified atom stereocenters. The van der Waals surface area contributed by atoms with E-state index in [2.05, 4.69) is 22.8 Å². The molecule has 0 aliphatic rings. The molecular formula is C24H22N2O2. The molecule has 0 aliphatic carbocycles. The van der Waals surface area contributed by atoms with Gasteiger partial charge in [-0.25, -0.2) is 4.79 Å². The van der Waals surface area contributed by atoms with Crippen molar-refractivity contribution < 1.29 is 9.63 Å². The average molecular weight is 370 g/mol. The van der Waals surface area contributed by atoms with Gasteiger partial charge in [0.25, 0.3) is 0 Å². The number of carbonyl (C=O) groups excluding carboxylic acids is 1. The summed E-state index contributed by atoms with van der Waals surface area (Å²) in [5, 5.41) is 2.90. The molecule has 28 heavy (non-hydrogen) atoms. The monoisotopic (exact) mass is 370 g/mol. The summed E-state index contributed by atoms with van der Waals surface area (Å²) in [7, 11) is 2.04. The molecule has 1 aromatic heterocycles. The molecule has 0 bridgehead atoms. The van der Waals surface area contributed by atoms with Crippen LogP contribution in [0.4, 0.5) is 0 Å². The first kappa shape index (κ1) is 18.0. The van der Waals surface area contributed by atoms with Gasteiger partial charge in [0.15, 0.2) is 0 Å². The quantitative estimate of drug-likeness (QED) is 0.450. The number of hydrogen-bond donors (Lipinski definition) is 0. The number of rotatable bonds is 6. The van der Waals surface area contributed by atoms with Crippen LogP contribution in [0.15, 0.2) is 91.0 Å². The van der Waals surface area contributed by atoms with Crippen molar-refractivity contribution in [2.24, 2.45) is 7.05 Å². The Morgan fingerprint density at radius 3 is 2.21 bits per heavy atom. The van der Waals surface area contributed by atoms with Gasteiger partial charge in [0, 0.05) is 18.3 Å². The second kappa shape index (κ2) is 8.11. The van der Waals surface area contributed by atoms with E-state index in [1.807, 2.05) is 67.7 Å². The third-order valence-corrected chi connectivity index (χ3v) is 4.81. The Bertz CT molecular complexity index is 1070. The van der Waals surface area contributed by atoms with Gasteiger partial charge in [0.2, 0.25) is 0 Å². The predicted octanol–water partition coefficient (Wildman–Crippen LogP) is 4.95. The Morgan fingerprint density at radius 2 is 1.50 bits per heavy atom. The zero-order valence-electron chi connectivity index (χ0n) is 15.8. The molecule has 0 aliphatic heterocycles. The SMILES string of the molecule is Cn1c(CN(Cc2ccccc2)OC(=O)c2ccccc2)cc2ccccc21. The van der Waals surface area contributed by atoms with Crippen molar-refractivity contribution in [1.82, 2.24) is 9.63 Å². The molecule has 0 amide bonds. The fourth-order valence-electron chi connectivity index (χ4n) is 3.33. The van der Waals surface area contributed by atoms with Crippen LogP contribution in [0.5, 0.6) is 0 Å². The molecule has 0 spiro atoms. The molecule has 0 N–H and O–H groups in total. The van der Waals surface area contributed by atoms with Crippen LogP contribution in [0.2, 0.25) is 0 Å². The summed E-state index contributed by atoms with van der Waals surface area (Å²) in [6, 6.07) is 29.5. The van der Waals surface area contributed by atoms with E-state index in [1.54, 1.807) is 17.2 Å². The number of nitrogens with zero attached hydrogens (tertiary/aromatic N) is 2. The highest BCUT2D eigenvalue weighted by Crippen LogP contribution is 2.21. The Morgan fingerprint density at radius 1 is 0.857 bits per heavy atom. The van der Waals surface area contributed by atoms with Crippen molar-refractivity contribution in [3.63, 3.8) is 0 Å². The summed E-state index contributed by atoms with van der Waals surface area (Å²) >= 11 is 0. The first-order chi connectivity index (χ1) is 13.7. The highest BCUT2D eigenvalue weighted by molar-refractivity contribution is 5.89. The lowest BCUT2D eigenvalue weighted by Gasteiger charge is -2.22. The topological polar surface area (TPSA) is 34.5 Å². The van der Waals surface area contributed by atoms with Crippen molar-refractivity contribution in [2.75, 3.05) is 0 Å². The van der Waals surface area contributed by atoms with Crippen molar-refractivity contribution >= 4 is 16.9 Å². The van der Waals surface area contributed by atoms with Crippen molar-refractivity contribution in [3.05, 3.63) is 108 Å². The Kier molecular flexibility index (Phi) is 5.22. The van der Waals surface area contributed by atoms with E-state index in [0.717, 1.165) is 16.8 Å². The number of hydrogen-bond acceptors (Lipinski definition) is 3. The largest absolute Gasteiger partial charge is 0.363 e. The number of hydroxylamine groups is 2. The van der Waals surface area contributed by atoms with E-state index in [9.17, 15) is 4.79 Å². The van der Waals surface area contributed by atoms with Crippen LogP contribution in [0.1, 0.15) is 21.6 Å². The van der Waals surface area contributed by atoms with E-state index in [4.69, 9.17) is 4.84 Å². The fraction of sp³-hybridized carbons (Fsp3) is 0.125. The third kappa shape index (κ3) is 3.97. The number of fused-ring (bicyclic) bond motifs is 1. The van der Waals surface area contributed by atoms with Gasteiger partial charge >= 0.3 is 5.97 Å². The van der Waals surface area contributed by atoms with Crippen molar-refractivity contribution in [2.45, 2.75) is 13.1 Å². The smallest absolute Gasteiger partial charge is 0.357 e. The van der Waals surface area contributed by atoms with Gasteiger partial charge in [-0.3, -0.25) is 0 Å². The first-order valence-electron chi connectivity index (χ1n) is 9.30. The van der Waals surface area contributed by atoms with Crippen LogP contribution < -0.4 is 0 Å². The number of aryl methyl sites for hydroxylation is 1. The zero-order chi connectivity index (χ0) is 19.3. The second-order valence-electron chi connectivity index (χ2n) is 6.78. The molecular weight excluding hydrogens is 348 g/mol. The summed E-state index contributed by atoms with van der Waals surface area (Å²) in [6.45, 7) is 1.01. The summed E-state index contributed by atoms with van der Waals surface area (Å²) in [5.74, 6) is -0.352. The van der Waals surface area contributed by atoms with Gasteiger partial charge in [0.1, 0.15) is 0 Å². The van der Waals surface area contributed by atoms with E-state index in [0.29, 0.717) is 18.7 Å². The van der Waals surface area contributed by atoms with Gasteiger partial charge in [-0.15, -0.1) is 5.06 Å². The van der Waals surface area contributed by atoms with Crippen molar-refractivity contribution in [1.29, 1.82) is 0 Å². The van der Waals surface area contributed by atoms with Crippen LogP contribution in [0, 0.1) is 0 Å². The molecule has 4 nitrogen and oxygen atoms in total. The standard InChI is InChI=1S/C24H22N2O2/c1-25-22(16-21-14-8-9-15-23(21)25)18-26(17-19-10-4-2-5-11-19)28-24(27)20-12-6-3-7-13-20/h2-16H,17-18H2,1H3. The summed E-state index contributed by atoms with van der Waals surface area (Å²) < 4.78 is 2.14.